The standard InChI is InChI=1S/C9H11N3S2/c1-6-3-4-13-8(6)5-10-9-12-11-7(2)14-9/h3-4H,5H2,1-2H3,(H,10,12). The third-order valence-electron chi connectivity index (χ3n) is 1.89. The Hall–Kier alpha value is -0.940. The molecular formula is C9H11N3S2. The molecule has 0 bridgehead atoms. The molecule has 0 saturated heterocycles. The van der Waals surface area contributed by atoms with Crippen molar-refractivity contribution >= 4 is 27.8 Å². The Labute approximate surface area is 90.8 Å². The van der Waals surface area contributed by atoms with Gasteiger partial charge in [0.15, 0.2) is 0 Å². The van der Waals surface area contributed by atoms with Gasteiger partial charge in [-0.3, -0.25) is 0 Å². The molecule has 0 radical (unpaired) electrons. The summed E-state index contributed by atoms with van der Waals surface area (Å²) in [4.78, 5) is 1.36. The van der Waals surface area contributed by atoms with Gasteiger partial charge in [-0.1, -0.05) is 11.3 Å². The van der Waals surface area contributed by atoms with Gasteiger partial charge in [-0.2, -0.15) is 0 Å². The Balaban J connectivity index is 1.98. The Morgan fingerprint density at radius 2 is 2.21 bits per heavy atom. The van der Waals surface area contributed by atoms with E-state index in [-0.39, 0.29) is 0 Å². The fraction of sp³-hybridized carbons (Fsp3) is 0.333. The lowest BCUT2D eigenvalue weighted by atomic mass is 10.3. The second-order valence-electron chi connectivity index (χ2n) is 3.01. The van der Waals surface area contributed by atoms with Crippen molar-refractivity contribution in [1.29, 1.82) is 0 Å². The highest BCUT2D eigenvalue weighted by Crippen LogP contribution is 2.19. The van der Waals surface area contributed by atoms with Crippen LogP contribution in [0.4, 0.5) is 5.13 Å². The number of anilines is 1. The molecular weight excluding hydrogens is 214 g/mol. The molecule has 0 atom stereocenters. The quantitative estimate of drug-likeness (QED) is 0.873. The number of hydrogen-bond donors (Lipinski definition) is 1. The minimum atomic E-state index is 0.845. The van der Waals surface area contributed by atoms with Crippen molar-refractivity contribution in [3.63, 3.8) is 0 Å². The minimum Gasteiger partial charge on any atom is -0.355 e. The maximum atomic E-state index is 4.01. The van der Waals surface area contributed by atoms with Crippen LogP contribution in [-0.2, 0) is 6.54 Å². The first-order valence-electron chi connectivity index (χ1n) is 4.32. The summed E-state index contributed by atoms with van der Waals surface area (Å²) in [5, 5.41) is 15.2. The van der Waals surface area contributed by atoms with Crippen molar-refractivity contribution in [1.82, 2.24) is 10.2 Å². The fourth-order valence-corrected chi connectivity index (χ4v) is 2.54. The van der Waals surface area contributed by atoms with Crippen LogP contribution < -0.4 is 5.32 Å². The lowest BCUT2D eigenvalue weighted by Gasteiger charge is -1.99. The molecule has 0 aliphatic rings. The number of hydrogen-bond acceptors (Lipinski definition) is 5. The highest BCUT2D eigenvalue weighted by atomic mass is 32.1. The van der Waals surface area contributed by atoms with Crippen LogP contribution in [0.3, 0.4) is 0 Å². The maximum Gasteiger partial charge on any atom is 0.205 e. The smallest absolute Gasteiger partial charge is 0.205 e. The van der Waals surface area contributed by atoms with Gasteiger partial charge in [0.1, 0.15) is 5.01 Å². The van der Waals surface area contributed by atoms with Crippen LogP contribution in [0.5, 0.6) is 0 Å². The molecule has 0 aliphatic carbocycles. The number of nitrogens with one attached hydrogen (secondary N) is 1. The fourth-order valence-electron chi connectivity index (χ4n) is 1.11. The number of aryl methyl sites for hydroxylation is 2. The summed E-state index contributed by atoms with van der Waals surface area (Å²) in [6, 6.07) is 2.13. The number of thiophene rings is 1. The van der Waals surface area contributed by atoms with Gasteiger partial charge >= 0.3 is 0 Å². The van der Waals surface area contributed by atoms with E-state index in [1.807, 2.05) is 6.92 Å². The van der Waals surface area contributed by atoms with Gasteiger partial charge in [-0.15, -0.1) is 21.5 Å². The maximum absolute atomic E-state index is 4.01. The van der Waals surface area contributed by atoms with E-state index in [9.17, 15) is 0 Å². The van der Waals surface area contributed by atoms with Crippen LogP contribution in [-0.4, -0.2) is 10.2 Å². The molecule has 0 spiro atoms. The molecule has 5 heteroatoms. The van der Waals surface area contributed by atoms with Gasteiger partial charge in [0.25, 0.3) is 0 Å². The van der Waals surface area contributed by atoms with Crippen LogP contribution >= 0.6 is 22.7 Å². The summed E-state index contributed by atoms with van der Waals surface area (Å²) in [6.45, 7) is 4.93. The normalized spacial score (nSPS) is 10.4. The summed E-state index contributed by atoms with van der Waals surface area (Å²) in [6.07, 6.45) is 0. The highest BCUT2D eigenvalue weighted by molar-refractivity contribution is 7.15. The summed E-state index contributed by atoms with van der Waals surface area (Å²) < 4.78 is 0. The molecule has 2 heterocycles. The van der Waals surface area contributed by atoms with Crippen molar-refractivity contribution in [2.75, 3.05) is 5.32 Å². The number of nitrogens with zero attached hydrogens (tertiary/aromatic N) is 2. The van der Waals surface area contributed by atoms with E-state index in [4.69, 9.17) is 0 Å². The first-order valence-corrected chi connectivity index (χ1v) is 6.02. The van der Waals surface area contributed by atoms with E-state index in [2.05, 4.69) is 33.9 Å². The van der Waals surface area contributed by atoms with Crippen molar-refractivity contribution in [2.45, 2.75) is 20.4 Å². The third-order valence-corrected chi connectivity index (χ3v) is 3.71. The van der Waals surface area contributed by atoms with Crippen molar-refractivity contribution in [3.8, 4) is 0 Å². The molecule has 2 rings (SSSR count). The highest BCUT2D eigenvalue weighted by Gasteiger charge is 2.02. The Kier molecular flexibility index (Phi) is 2.79. The van der Waals surface area contributed by atoms with Gasteiger partial charge < -0.3 is 5.32 Å². The molecule has 0 saturated carbocycles. The van der Waals surface area contributed by atoms with E-state index in [1.165, 1.54) is 10.4 Å². The van der Waals surface area contributed by atoms with Crippen LogP contribution in [0.2, 0.25) is 0 Å². The largest absolute Gasteiger partial charge is 0.355 e. The molecule has 1 N–H and O–H groups in total. The van der Waals surface area contributed by atoms with Gasteiger partial charge in [-0.05, 0) is 30.9 Å². The topological polar surface area (TPSA) is 37.8 Å². The van der Waals surface area contributed by atoms with E-state index < -0.39 is 0 Å². The third kappa shape index (κ3) is 2.10. The Morgan fingerprint density at radius 3 is 2.79 bits per heavy atom. The van der Waals surface area contributed by atoms with Gasteiger partial charge in [0.2, 0.25) is 5.13 Å². The molecule has 14 heavy (non-hydrogen) atoms. The zero-order valence-electron chi connectivity index (χ0n) is 8.07. The zero-order chi connectivity index (χ0) is 9.97. The molecule has 74 valence electrons. The van der Waals surface area contributed by atoms with Gasteiger partial charge in [0.05, 0.1) is 6.54 Å². The molecule has 0 amide bonds. The van der Waals surface area contributed by atoms with E-state index in [0.717, 1.165) is 16.7 Å². The zero-order valence-corrected chi connectivity index (χ0v) is 9.71. The first kappa shape index (κ1) is 9.61. The number of rotatable bonds is 3. The lowest BCUT2D eigenvalue weighted by Crippen LogP contribution is -1.97. The van der Waals surface area contributed by atoms with E-state index in [0.29, 0.717) is 0 Å². The molecule has 0 aliphatic heterocycles. The van der Waals surface area contributed by atoms with Crippen LogP contribution in [0, 0.1) is 13.8 Å². The molecule has 3 nitrogen and oxygen atoms in total. The predicted molar refractivity (Wildman–Crippen MR) is 61.0 cm³/mol. The van der Waals surface area contributed by atoms with Crippen LogP contribution in [0.25, 0.3) is 0 Å². The minimum absolute atomic E-state index is 0.845. The molecule has 2 aromatic heterocycles. The van der Waals surface area contributed by atoms with Crippen molar-refractivity contribution in [2.24, 2.45) is 0 Å². The first-order chi connectivity index (χ1) is 6.75. The van der Waals surface area contributed by atoms with E-state index in [1.54, 1.807) is 22.7 Å². The van der Waals surface area contributed by atoms with Crippen molar-refractivity contribution in [3.05, 3.63) is 26.9 Å². The Morgan fingerprint density at radius 1 is 1.36 bits per heavy atom. The average molecular weight is 225 g/mol. The number of aromatic nitrogens is 2. The van der Waals surface area contributed by atoms with Crippen molar-refractivity contribution < 1.29 is 0 Å². The van der Waals surface area contributed by atoms with Crippen LogP contribution in [0.1, 0.15) is 15.4 Å². The van der Waals surface area contributed by atoms with Gasteiger partial charge in [-0.25, -0.2) is 0 Å². The lowest BCUT2D eigenvalue weighted by molar-refractivity contribution is 1.03. The second-order valence-corrected chi connectivity index (χ2v) is 5.19. The average Bonchev–Trinajstić information content (AvgIpc) is 2.72. The predicted octanol–water partition coefficient (Wildman–Crippen LogP) is 2.83. The van der Waals surface area contributed by atoms with E-state index >= 15 is 0 Å². The van der Waals surface area contributed by atoms with Crippen LogP contribution in [0.15, 0.2) is 11.4 Å². The molecule has 0 unspecified atom stereocenters. The summed E-state index contributed by atoms with van der Waals surface area (Å²) in [5.74, 6) is 0. The molecule has 0 fully saturated rings. The summed E-state index contributed by atoms with van der Waals surface area (Å²) in [5.41, 5.74) is 1.34. The molecule has 0 aromatic carbocycles. The van der Waals surface area contributed by atoms with Gasteiger partial charge in [0, 0.05) is 4.88 Å². The Bertz CT molecular complexity index is 419. The summed E-state index contributed by atoms with van der Waals surface area (Å²) >= 11 is 3.36. The monoisotopic (exact) mass is 225 g/mol. The molecule has 2 aromatic rings. The summed E-state index contributed by atoms with van der Waals surface area (Å²) in [7, 11) is 0. The SMILES string of the molecule is Cc1nnc(NCc2sccc2C)s1. The second kappa shape index (κ2) is 4.06.